The second-order valence-electron chi connectivity index (χ2n) is 6.06. The molecular weight excluding hydrogens is 254 g/mol. The van der Waals surface area contributed by atoms with E-state index in [1.165, 1.54) is 0 Å². The van der Waals surface area contributed by atoms with E-state index in [9.17, 15) is 9.59 Å². The summed E-state index contributed by atoms with van der Waals surface area (Å²) < 4.78 is 0. The number of carbonyl (C=O) groups excluding carboxylic acids is 1. The summed E-state index contributed by atoms with van der Waals surface area (Å²) in [4.78, 5) is 25.4. The molecule has 0 aromatic heterocycles. The lowest BCUT2D eigenvalue weighted by molar-refractivity contribution is -0.141. The monoisotopic (exact) mass is 273 g/mol. The molecule has 0 saturated heterocycles. The minimum absolute atomic E-state index is 0.0588. The van der Waals surface area contributed by atoms with Gasteiger partial charge in [-0.25, -0.2) is 0 Å². The van der Waals surface area contributed by atoms with Crippen LogP contribution < -0.4 is 0 Å². The van der Waals surface area contributed by atoms with Crippen molar-refractivity contribution in [1.29, 1.82) is 0 Å². The highest BCUT2D eigenvalue weighted by molar-refractivity contribution is 5.96. The van der Waals surface area contributed by atoms with Gasteiger partial charge in [0, 0.05) is 18.7 Å². The number of fused-ring (bicyclic) bond motifs is 1. The Morgan fingerprint density at radius 1 is 1.30 bits per heavy atom. The van der Waals surface area contributed by atoms with Crippen LogP contribution in [-0.4, -0.2) is 35.0 Å². The molecule has 2 aliphatic rings. The molecule has 106 valence electrons. The van der Waals surface area contributed by atoms with Crippen molar-refractivity contribution < 1.29 is 14.7 Å². The summed E-state index contributed by atoms with van der Waals surface area (Å²) in [5, 5.41) is 9.06. The lowest BCUT2D eigenvalue weighted by Crippen LogP contribution is -2.48. The van der Waals surface area contributed by atoms with Gasteiger partial charge < -0.3 is 10.0 Å². The number of amides is 1. The van der Waals surface area contributed by atoms with Gasteiger partial charge in [-0.15, -0.1) is 0 Å². The smallest absolute Gasteiger partial charge is 0.303 e. The normalized spacial score (nSPS) is 20.2. The zero-order valence-electron chi connectivity index (χ0n) is 11.5. The van der Waals surface area contributed by atoms with Crippen LogP contribution >= 0.6 is 0 Å². The average Bonchev–Trinajstić information content (AvgIpc) is 2.39. The maximum Gasteiger partial charge on any atom is 0.303 e. The number of benzene rings is 1. The van der Waals surface area contributed by atoms with Crippen LogP contribution in [0.3, 0.4) is 0 Å². The Hall–Kier alpha value is -1.84. The van der Waals surface area contributed by atoms with Gasteiger partial charge in [-0.05, 0) is 36.3 Å². The molecule has 1 N–H and O–H groups in total. The molecule has 1 saturated carbocycles. The van der Waals surface area contributed by atoms with E-state index in [2.05, 4.69) is 0 Å². The fourth-order valence-corrected chi connectivity index (χ4v) is 3.42. The number of hydrogen-bond acceptors (Lipinski definition) is 2. The first kappa shape index (κ1) is 13.2. The maximum absolute atomic E-state index is 12.5. The van der Waals surface area contributed by atoms with Gasteiger partial charge in [0.05, 0.1) is 6.42 Å². The van der Waals surface area contributed by atoms with Gasteiger partial charge in [0.2, 0.25) is 0 Å². The lowest BCUT2D eigenvalue weighted by Gasteiger charge is -2.45. The fraction of sp³-hybridized carbons (Fsp3) is 0.500. The molecular formula is C16H19NO3. The highest BCUT2D eigenvalue weighted by Gasteiger charge is 2.42. The van der Waals surface area contributed by atoms with E-state index in [4.69, 9.17) is 5.11 Å². The largest absolute Gasteiger partial charge is 0.481 e. The van der Waals surface area contributed by atoms with Crippen molar-refractivity contribution in [3.8, 4) is 0 Å². The third-order valence-corrected chi connectivity index (χ3v) is 4.65. The zero-order chi connectivity index (χ0) is 14.2. The van der Waals surface area contributed by atoms with Crippen LogP contribution in [0.25, 0.3) is 0 Å². The average molecular weight is 273 g/mol. The molecule has 1 heterocycles. The number of nitrogens with zero attached hydrogens (tertiary/aromatic N) is 1. The summed E-state index contributed by atoms with van der Waals surface area (Å²) in [5.41, 5.74) is 1.70. The molecule has 1 amide bonds. The maximum atomic E-state index is 12.5. The summed E-state index contributed by atoms with van der Waals surface area (Å²) in [6.07, 6.45) is 3.96. The predicted octanol–water partition coefficient (Wildman–Crippen LogP) is 2.33. The molecule has 4 nitrogen and oxygen atoms in total. The number of carbonyl (C=O) groups is 2. The van der Waals surface area contributed by atoms with E-state index in [1.807, 2.05) is 29.2 Å². The first-order valence-electron chi connectivity index (χ1n) is 7.19. The topological polar surface area (TPSA) is 57.6 Å². The van der Waals surface area contributed by atoms with Gasteiger partial charge in [-0.3, -0.25) is 9.59 Å². The van der Waals surface area contributed by atoms with Gasteiger partial charge >= 0.3 is 5.97 Å². The van der Waals surface area contributed by atoms with Crippen LogP contribution in [-0.2, 0) is 11.2 Å². The molecule has 20 heavy (non-hydrogen) atoms. The van der Waals surface area contributed by atoms with Gasteiger partial charge in [0.25, 0.3) is 5.91 Å². The Kier molecular flexibility index (Phi) is 3.24. The van der Waals surface area contributed by atoms with Crippen LogP contribution in [0.2, 0.25) is 0 Å². The van der Waals surface area contributed by atoms with E-state index < -0.39 is 5.97 Å². The third-order valence-electron chi connectivity index (χ3n) is 4.65. The van der Waals surface area contributed by atoms with Crippen LogP contribution in [0.5, 0.6) is 0 Å². The van der Waals surface area contributed by atoms with Crippen LogP contribution in [0.4, 0.5) is 0 Å². The lowest BCUT2D eigenvalue weighted by atomic mass is 9.66. The third kappa shape index (κ3) is 2.30. The molecule has 0 spiro atoms. The Morgan fingerprint density at radius 3 is 2.70 bits per heavy atom. The Balaban J connectivity index is 1.76. The highest BCUT2D eigenvalue weighted by atomic mass is 16.4. The molecule has 1 aliphatic heterocycles. The summed E-state index contributed by atoms with van der Waals surface area (Å²) in [7, 11) is 0. The predicted molar refractivity (Wildman–Crippen MR) is 74.6 cm³/mol. The zero-order valence-corrected chi connectivity index (χ0v) is 11.5. The Morgan fingerprint density at radius 2 is 2.05 bits per heavy atom. The standard InChI is InChI=1S/C16H19NO3/c18-14(19)10-16(7-3-8-16)11-17-9-6-12-4-1-2-5-13(12)15(17)20/h1-2,4-5H,3,6-11H2,(H,18,19). The number of carboxylic acids is 1. The Labute approximate surface area is 118 Å². The summed E-state index contributed by atoms with van der Waals surface area (Å²) >= 11 is 0. The minimum atomic E-state index is -0.755. The van der Waals surface area contributed by atoms with Gasteiger partial charge in [0.1, 0.15) is 0 Å². The molecule has 3 rings (SSSR count). The molecule has 1 fully saturated rings. The van der Waals surface area contributed by atoms with E-state index in [0.29, 0.717) is 13.1 Å². The number of rotatable bonds is 4. The molecule has 1 aliphatic carbocycles. The molecule has 0 atom stereocenters. The van der Waals surface area contributed by atoms with Crippen LogP contribution in [0, 0.1) is 5.41 Å². The highest BCUT2D eigenvalue weighted by Crippen LogP contribution is 2.45. The van der Waals surface area contributed by atoms with E-state index >= 15 is 0 Å². The first-order valence-corrected chi connectivity index (χ1v) is 7.19. The van der Waals surface area contributed by atoms with Crippen molar-refractivity contribution in [1.82, 2.24) is 4.90 Å². The fourth-order valence-electron chi connectivity index (χ4n) is 3.42. The van der Waals surface area contributed by atoms with Crippen molar-refractivity contribution in [2.75, 3.05) is 13.1 Å². The number of hydrogen-bond donors (Lipinski definition) is 1. The van der Waals surface area contributed by atoms with Crippen LogP contribution in [0.1, 0.15) is 41.6 Å². The quantitative estimate of drug-likeness (QED) is 0.916. The molecule has 4 heteroatoms. The van der Waals surface area contributed by atoms with Gasteiger partial charge in [-0.2, -0.15) is 0 Å². The number of aliphatic carboxylic acids is 1. The van der Waals surface area contributed by atoms with Crippen molar-refractivity contribution in [2.45, 2.75) is 32.1 Å². The second kappa shape index (κ2) is 4.93. The van der Waals surface area contributed by atoms with E-state index in [0.717, 1.165) is 36.8 Å². The molecule has 0 radical (unpaired) electrons. The summed E-state index contributed by atoms with van der Waals surface area (Å²) in [6, 6.07) is 7.71. The summed E-state index contributed by atoms with van der Waals surface area (Å²) in [5.74, 6) is -0.696. The van der Waals surface area contributed by atoms with E-state index in [-0.39, 0.29) is 17.7 Å². The second-order valence-corrected chi connectivity index (χ2v) is 6.06. The molecule has 0 unspecified atom stereocenters. The SMILES string of the molecule is O=C(O)CC1(CN2CCc3ccccc3C2=O)CCC1. The van der Waals surface area contributed by atoms with E-state index in [1.54, 1.807) is 0 Å². The van der Waals surface area contributed by atoms with Crippen molar-refractivity contribution in [2.24, 2.45) is 5.41 Å². The number of carboxylic acid groups (broad SMARTS) is 1. The molecule has 0 bridgehead atoms. The first-order chi connectivity index (χ1) is 9.60. The van der Waals surface area contributed by atoms with Gasteiger partial charge in [-0.1, -0.05) is 24.6 Å². The summed E-state index contributed by atoms with van der Waals surface area (Å²) in [6.45, 7) is 1.30. The van der Waals surface area contributed by atoms with Crippen molar-refractivity contribution in [3.05, 3.63) is 35.4 Å². The molecule has 1 aromatic carbocycles. The Bertz CT molecular complexity index is 548. The van der Waals surface area contributed by atoms with Gasteiger partial charge in [0.15, 0.2) is 0 Å². The minimum Gasteiger partial charge on any atom is -0.481 e. The van der Waals surface area contributed by atoms with Crippen LogP contribution in [0.15, 0.2) is 24.3 Å². The van der Waals surface area contributed by atoms with Crippen molar-refractivity contribution >= 4 is 11.9 Å². The molecule has 1 aromatic rings. The van der Waals surface area contributed by atoms with Crippen molar-refractivity contribution in [3.63, 3.8) is 0 Å².